The highest BCUT2D eigenvalue weighted by Crippen LogP contribution is 2.37. The highest BCUT2D eigenvalue weighted by atomic mass is 32.2. The normalized spacial score (nSPS) is 19.2. The van der Waals surface area contributed by atoms with E-state index in [0.29, 0.717) is 34.6 Å². The zero-order chi connectivity index (χ0) is 32.3. The first-order valence-electron chi connectivity index (χ1n) is 14.3. The fraction of sp³-hybridized carbons (Fsp3) is 0.414. The molecule has 1 saturated heterocycles. The van der Waals surface area contributed by atoms with E-state index < -0.39 is 46.1 Å². The fourth-order valence-electron chi connectivity index (χ4n) is 6.24. The molecular formula is C29H29F4N7O4S. The van der Waals surface area contributed by atoms with E-state index in [1.807, 2.05) is 4.90 Å². The second kappa shape index (κ2) is 11.3. The number of alkyl halides is 3. The quantitative estimate of drug-likeness (QED) is 0.301. The third-order valence-electron chi connectivity index (χ3n) is 8.51. The summed E-state index contributed by atoms with van der Waals surface area (Å²) in [7, 11) is -4.21. The Morgan fingerprint density at radius 1 is 1.16 bits per heavy atom. The maximum atomic E-state index is 14.3. The lowest BCUT2D eigenvalue weighted by molar-refractivity contribution is -0.145. The van der Waals surface area contributed by atoms with Gasteiger partial charge in [0.1, 0.15) is 16.5 Å². The van der Waals surface area contributed by atoms with Crippen molar-refractivity contribution < 1.29 is 35.9 Å². The van der Waals surface area contributed by atoms with Gasteiger partial charge in [0.25, 0.3) is 0 Å². The van der Waals surface area contributed by atoms with Crippen LogP contribution in [-0.2, 0) is 27.5 Å². The summed E-state index contributed by atoms with van der Waals surface area (Å²) in [6.45, 7) is 3.82. The minimum absolute atomic E-state index is 0.0743. The van der Waals surface area contributed by atoms with E-state index in [2.05, 4.69) is 15.2 Å². The minimum atomic E-state index is -4.74. The average Bonchev–Trinajstić information content (AvgIpc) is 3.40. The molecule has 4 aromatic rings. The van der Waals surface area contributed by atoms with Gasteiger partial charge < -0.3 is 10.0 Å². The zero-order valence-corrected chi connectivity index (χ0v) is 25.1. The molecule has 0 radical (unpaired) electrons. The van der Waals surface area contributed by atoms with Crippen LogP contribution in [0.25, 0.3) is 5.65 Å². The number of halogens is 4. The molecular weight excluding hydrogens is 618 g/mol. The number of aryl methyl sites for hydroxylation is 2. The Morgan fingerprint density at radius 3 is 2.67 bits per heavy atom. The number of rotatable bonds is 6. The number of carbonyl (C=O) groups is 1. The van der Waals surface area contributed by atoms with Gasteiger partial charge in [-0.25, -0.2) is 17.8 Å². The standard InChI is InChI=1S/C29H29F4N7O4S/c1-16-6-7-22(21(12-25(41)42)20-8-10-40-26(17(20)2)36-37-28(40)29(31,32)33)35-23(16)15-38-14-19-5-3-4-9-39(19)27-24(45(38,43)44)11-18(30)13-34-27/h6-8,10-11,13,19,21H,3-5,9,12,14-15H2,1-2H3,(H,41,42)/t19-,21?/m0/s1. The second-order valence-electron chi connectivity index (χ2n) is 11.4. The van der Waals surface area contributed by atoms with E-state index in [-0.39, 0.29) is 35.5 Å². The number of aromatic nitrogens is 5. The molecule has 0 bridgehead atoms. The van der Waals surface area contributed by atoms with Gasteiger partial charge in [-0.2, -0.15) is 17.5 Å². The summed E-state index contributed by atoms with van der Waals surface area (Å²) in [6.07, 6.45) is -0.561. The van der Waals surface area contributed by atoms with Crippen LogP contribution in [0, 0.1) is 19.7 Å². The molecule has 16 heteroatoms. The molecule has 1 N–H and O–H groups in total. The molecule has 238 valence electrons. The predicted molar refractivity (Wildman–Crippen MR) is 153 cm³/mol. The summed E-state index contributed by atoms with van der Waals surface area (Å²) in [6, 6.07) is 5.51. The van der Waals surface area contributed by atoms with Crippen molar-refractivity contribution in [1.82, 2.24) is 28.9 Å². The monoisotopic (exact) mass is 647 g/mol. The molecule has 2 aliphatic heterocycles. The molecule has 11 nitrogen and oxygen atoms in total. The summed E-state index contributed by atoms with van der Waals surface area (Å²) in [5.74, 6) is -3.82. The number of anilines is 1. The Balaban J connectivity index is 1.41. The van der Waals surface area contributed by atoms with Crippen LogP contribution in [0.3, 0.4) is 0 Å². The van der Waals surface area contributed by atoms with Gasteiger partial charge in [-0.05, 0) is 68.0 Å². The van der Waals surface area contributed by atoms with Crippen LogP contribution in [0.15, 0.2) is 41.6 Å². The lowest BCUT2D eigenvalue weighted by Crippen LogP contribution is -2.45. The van der Waals surface area contributed by atoms with Crippen molar-refractivity contribution >= 4 is 27.5 Å². The molecule has 0 aromatic carbocycles. The molecule has 6 heterocycles. The Kier molecular flexibility index (Phi) is 7.75. The minimum Gasteiger partial charge on any atom is -0.481 e. The van der Waals surface area contributed by atoms with Gasteiger partial charge in [-0.15, -0.1) is 10.2 Å². The molecule has 6 rings (SSSR count). The van der Waals surface area contributed by atoms with Crippen molar-refractivity contribution in [3.05, 3.63) is 76.4 Å². The SMILES string of the molecule is Cc1ccc(C(CC(=O)O)c2ccn3c(C(F)(F)F)nnc3c2C)nc1CN1C[C@@H]2CCCCN2c2ncc(F)cc2S1(=O)=O. The van der Waals surface area contributed by atoms with Crippen LogP contribution >= 0.6 is 0 Å². The largest absolute Gasteiger partial charge is 0.481 e. The number of aliphatic carboxylic acids is 1. The van der Waals surface area contributed by atoms with Crippen molar-refractivity contribution in [3.8, 4) is 0 Å². The molecule has 45 heavy (non-hydrogen) atoms. The van der Waals surface area contributed by atoms with Gasteiger partial charge in [0.05, 0.1) is 24.9 Å². The molecule has 4 aromatic heterocycles. The molecule has 0 amide bonds. The topological polar surface area (TPSA) is 134 Å². The van der Waals surface area contributed by atoms with Crippen molar-refractivity contribution in [3.63, 3.8) is 0 Å². The molecule has 0 aliphatic carbocycles. The number of carboxylic acid groups (broad SMARTS) is 1. The molecule has 1 unspecified atom stereocenters. The Bertz CT molecular complexity index is 1910. The number of fused-ring (bicyclic) bond motifs is 4. The first-order valence-corrected chi connectivity index (χ1v) is 15.7. The van der Waals surface area contributed by atoms with Gasteiger partial charge in [0, 0.05) is 36.9 Å². The lowest BCUT2D eigenvalue weighted by atomic mass is 9.89. The smallest absolute Gasteiger partial charge is 0.452 e. The Hall–Kier alpha value is -4.18. The maximum Gasteiger partial charge on any atom is 0.452 e. The summed E-state index contributed by atoms with van der Waals surface area (Å²) in [5.41, 5.74) is 1.92. The van der Waals surface area contributed by atoms with Crippen LogP contribution in [0.4, 0.5) is 23.4 Å². The first kappa shape index (κ1) is 30.8. The number of pyridine rings is 3. The highest BCUT2D eigenvalue weighted by Gasteiger charge is 2.40. The molecule has 2 aliphatic rings. The van der Waals surface area contributed by atoms with Gasteiger partial charge in [0.2, 0.25) is 15.8 Å². The highest BCUT2D eigenvalue weighted by molar-refractivity contribution is 7.89. The van der Waals surface area contributed by atoms with E-state index in [4.69, 9.17) is 4.98 Å². The summed E-state index contributed by atoms with van der Waals surface area (Å²) >= 11 is 0. The fourth-order valence-corrected chi connectivity index (χ4v) is 7.84. The van der Waals surface area contributed by atoms with Crippen LogP contribution in [0.1, 0.15) is 65.5 Å². The summed E-state index contributed by atoms with van der Waals surface area (Å²) in [5, 5.41) is 16.8. The number of nitrogens with zero attached hydrogens (tertiary/aromatic N) is 7. The lowest BCUT2D eigenvalue weighted by Gasteiger charge is -2.36. The van der Waals surface area contributed by atoms with Crippen molar-refractivity contribution in [2.24, 2.45) is 0 Å². The van der Waals surface area contributed by atoms with Gasteiger partial charge >= 0.3 is 12.1 Å². The van der Waals surface area contributed by atoms with Crippen molar-refractivity contribution in [2.75, 3.05) is 18.0 Å². The number of sulfonamides is 1. The Labute approximate surface area is 255 Å². The molecule has 0 saturated carbocycles. The molecule has 0 spiro atoms. The maximum absolute atomic E-state index is 14.3. The third kappa shape index (κ3) is 5.60. The van der Waals surface area contributed by atoms with Crippen LogP contribution in [0.2, 0.25) is 0 Å². The van der Waals surface area contributed by atoms with Gasteiger partial charge in [-0.1, -0.05) is 6.07 Å². The average molecular weight is 648 g/mol. The van der Waals surface area contributed by atoms with E-state index in [9.17, 15) is 35.9 Å². The van der Waals surface area contributed by atoms with E-state index in [1.165, 1.54) is 17.3 Å². The van der Waals surface area contributed by atoms with Crippen molar-refractivity contribution in [1.29, 1.82) is 0 Å². The number of hydrogen-bond acceptors (Lipinski definition) is 8. The molecule has 1 fully saturated rings. The third-order valence-corrected chi connectivity index (χ3v) is 10.3. The first-order chi connectivity index (χ1) is 21.3. The van der Waals surface area contributed by atoms with Crippen LogP contribution < -0.4 is 4.90 Å². The van der Waals surface area contributed by atoms with Crippen molar-refractivity contribution in [2.45, 2.75) is 69.1 Å². The van der Waals surface area contributed by atoms with E-state index in [1.54, 1.807) is 19.1 Å². The number of piperidine rings is 1. The van der Waals surface area contributed by atoms with Crippen LogP contribution in [-0.4, -0.2) is 67.5 Å². The van der Waals surface area contributed by atoms with E-state index >= 15 is 0 Å². The summed E-state index contributed by atoms with van der Waals surface area (Å²) in [4.78, 5) is 22.6. The molecule has 2 atom stereocenters. The second-order valence-corrected chi connectivity index (χ2v) is 13.3. The number of carboxylic acids is 1. The predicted octanol–water partition coefficient (Wildman–Crippen LogP) is 4.46. The Morgan fingerprint density at radius 2 is 1.93 bits per heavy atom. The van der Waals surface area contributed by atoms with Gasteiger partial charge in [0.15, 0.2) is 5.65 Å². The zero-order valence-electron chi connectivity index (χ0n) is 24.3. The van der Waals surface area contributed by atoms with Crippen LogP contribution in [0.5, 0.6) is 0 Å². The van der Waals surface area contributed by atoms with Gasteiger partial charge in [-0.3, -0.25) is 14.2 Å². The van der Waals surface area contributed by atoms with E-state index in [0.717, 1.165) is 42.1 Å². The summed E-state index contributed by atoms with van der Waals surface area (Å²) < 4.78 is 84.6. The number of hydrogen-bond donors (Lipinski definition) is 1.